The van der Waals surface area contributed by atoms with Gasteiger partial charge in [0.15, 0.2) is 0 Å². The van der Waals surface area contributed by atoms with Crippen LogP contribution >= 0.6 is 11.8 Å². The van der Waals surface area contributed by atoms with E-state index in [-0.39, 0.29) is 5.69 Å². The Morgan fingerprint density at radius 2 is 1.78 bits per heavy atom. The van der Waals surface area contributed by atoms with Crippen LogP contribution in [0.2, 0.25) is 0 Å². The first-order chi connectivity index (χ1) is 11.1. The molecule has 3 rings (SSSR count). The average Bonchev–Trinajstić information content (AvgIpc) is 3.03. The number of hydrogen-bond acceptors (Lipinski definition) is 6. The van der Waals surface area contributed by atoms with Crippen molar-refractivity contribution in [3.63, 3.8) is 0 Å². The van der Waals surface area contributed by atoms with Crippen LogP contribution in [0.1, 0.15) is 11.1 Å². The van der Waals surface area contributed by atoms with Gasteiger partial charge in [-0.05, 0) is 24.6 Å². The number of nitro groups is 1. The van der Waals surface area contributed by atoms with Gasteiger partial charge in [0.25, 0.3) is 10.9 Å². The van der Waals surface area contributed by atoms with E-state index >= 15 is 0 Å². The molecule has 6 nitrogen and oxygen atoms in total. The number of aromatic nitrogens is 2. The second-order valence-corrected chi connectivity index (χ2v) is 5.88. The van der Waals surface area contributed by atoms with Gasteiger partial charge in [-0.1, -0.05) is 41.6 Å². The van der Waals surface area contributed by atoms with Gasteiger partial charge in [0.2, 0.25) is 5.89 Å². The molecule has 1 heterocycles. The minimum atomic E-state index is -0.444. The van der Waals surface area contributed by atoms with Crippen molar-refractivity contribution in [3.05, 3.63) is 69.8 Å². The van der Waals surface area contributed by atoms with E-state index in [0.29, 0.717) is 16.7 Å². The van der Waals surface area contributed by atoms with Gasteiger partial charge in [0.05, 0.1) is 4.92 Å². The molecule has 0 radical (unpaired) electrons. The highest BCUT2D eigenvalue weighted by atomic mass is 32.2. The summed E-state index contributed by atoms with van der Waals surface area (Å²) in [6.07, 6.45) is 0. The number of hydrogen-bond donors (Lipinski definition) is 0. The van der Waals surface area contributed by atoms with Crippen molar-refractivity contribution < 1.29 is 9.34 Å². The maximum absolute atomic E-state index is 10.6. The lowest BCUT2D eigenvalue weighted by atomic mass is 10.2. The summed E-state index contributed by atoms with van der Waals surface area (Å²) in [4.78, 5) is 10.2. The molecule has 23 heavy (non-hydrogen) atoms. The third-order valence-corrected chi connectivity index (χ3v) is 4.10. The Labute approximate surface area is 136 Å². The summed E-state index contributed by atoms with van der Waals surface area (Å²) in [7, 11) is 0. The average molecular weight is 327 g/mol. The molecular weight excluding hydrogens is 314 g/mol. The van der Waals surface area contributed by atoms with Crippen LogP contribution in [0, 0.1) is 17.0 Å². The second-order valence-electron chi connectivity index (χ2n) is 4.95. The lowest BCUT2D eigenvalue weighted by Crippen LogP contribution is -1.87. The Bertz CT molecular complexity index is 813. The molecule has 116 valence electrons. The monoisotopic (exact) mass is 327 g/mol. The summed E-state index contributed by atoms with van der Waals surface area (Å²) >= 11 is 1.45. The number of thioether (sulfide) groups is 1. The summed E-state index contributed by atoms with van der Waals surface area (Å²) in [6.45, 7) is 2.05. The van der Waals surface area contributed by atoms with E-state index in [2.05, 4.69) is 34.5 Å². The first-order valence-corrected chi connectivity index (χ1v) is 7.87. The maximum atomic E-state index is 10.6. The molecule has 0 aliphatic rings. The van der Waals surface area contributed by atoms with Crippen molar-refractivity contribution in [2.24, 2.45) is 0 Å². The molecule has 0 aliphatic heterocycles. The molecule has 0 saturated heterocycles. The van der Waals surface area contributed by atoms with E-state index in [1.165, 1.54) is 35.0 Å². The summed E-state index contributed by atoms with van der Waals surface area (Å²) in [5, 5.41) is 19.1. The van der Waals surface area contributed by atoms with Crippen molar-refractivity contribution in [2.45, 2.75) is 17.9 Å². The third kappa shape index (κ3) is 3.75. The zero-order valence-electron chi connectivity index (χ0n) is 12.3. The molecule has 1 aromatic heterocycles. The van der Waals surface area contributed by atoms with Crippen LogP contribution in [0.5, 0.6) is 0 Å². The van der Waals surface area contributed by atoms with Gasteiger partial charge >= 0.3 is 0 Å². The number of nitro benzene ring substituents is 1. The highest BCUT2D eigenvalue weighted by Gasteiger charge is 2.11. The molecule has 0 aliphatic carbocycles. The number of aryl methyl sites for hydroxylation is 1. The topological polar surface area (TPSA) is 82.1 Å². The minimum absolute atomic E-state index is 0.0298. The van der Waals surface area contributed by atoms with Gasteiger partial charge in [-0.3, -0.25) is 10.1 Å². The Balaban J connectivity index is 1.67. The standard InChI is InChI=1S/C16H13N3O3S/c1-11-2-4-12(5-3-11)10-23-16-18-17-15(22-16)13-6-8-14(9-7-13)19(20)21/h2-9H,10H2,1H3. The summed E-state index contributed by atoms with van der Waals surface area (Å²) < 4.78 is 5.59. The van der Waals surface area contributed by atoms with Gasteiger partial charge in [0, 0.05) is 23.4 Å². The predicted octanol–water partition coefficient (Wildman–Crippen LogP) is 4.25. The Hall–Kier alpha value is -2.67. The zero-order valence-corrected chi connectivity index (χ0v) is 13.1. The first kappa shape index (κ1) is 15.2. The van der Waals surface area contributed by atoms with E-state index in [4.69, 9.17) is 4.42 Å². The van der Waals surface area contributed by atoms with Gasteiger partial charge in [-0.15, -0.1) is 10.2 Å². The third-order valence-electron chi connectivity index (χ3n) is 3.21. The molecule has 0 atom stereocenters. The van der Waals surface area contributed by atoms with Crippen molar-refractivity contribution in [1.82, 2.24) is 10.2 Å². The molecule has 0 amide bonds. The first-order valence-electron chi connectivity index (χ1n) is 6.88. The maximum Gasteiger partial charge on any atom is 0.277 e. The SMILES string of the molecule is Cc1ccc(CSc2nnc(-c3ccc([N+](=O)[O-])cc3)o2)cc1. The molecule has 3 aromatic rings. The largest absolute Gasteiger partial charge is 0.411 e. The molecule has 0 fully saturated rings. The van der Waals surface area contributed by atoms with Crippen LogP contribution in [0.3, 0.4) is 0 Å². The smallest absolute Gasteiger partial charge is 0.277 e. The molecular formula is C16H13N3O3S. The van der Waals surface area contributed by atoms with Crippen LogP contribution in [0.4, 0.5) is 5.69 Å². The fourth-order valence-corrected chi connectivity index (χ4v) is 2.66. The molecule has 2 aromatic carbocycles. The molecule has 0 N–H and O–H groups in total. The number of benzene rings is 2. The van der Waals surface area contributed by atoms with Crippen LogP contribution < -0.4 is 0 Å². The van der Waals surface area contributed by atoms with E-state index in [1.807, 2.05) is 6.92 Å². The number of rotatable bonds is 5. The fourth-order valence-electron chi connectivity index (χ4n) is 1.94. The van der Waals surface area contributed by atoms with Gasteiger partial charge in [0.1, 0.15) is 0 Å². The summed E-state index contributed by atoms with van der Waals surface area (Å²) in [5.41, 5.74) is 3.08. The highest BCUT2D eigenvalue weighted by molar-refractivity contribution is 7.98. The van der Waals surface area contributed by atoms with E-state index in [1.54, 1.807) is 12.1 Å². The molecule has 7 heteroatoms. The van der Waals surface area contributed by atoms with Crippen LogP contribution in [0.25, 0.3) is 11.5 Å². The molecule has 0 spiro atoms. The van der Waals surface area contributed by atoms with Crippen LogP contribution in [-0.2, 0) is 5.75 Å². The van der Waals surface area contributed by atoms with Crippen molar-refractivity contribution in [2.75, 3.05) is 0 Å². The fraction of sp³-hybridized carbons (Fsp3) is 0.125. The Morgan fingerprint density at radius 3 is 2.43 bits per heavy atom. The van der Waals surface area contributed by atoms with Crippen molar-refractivity contribution in [1.29, 1.82) is 0 Å². The minimum Gasteiger partial charge on any atom is -0.411 e. The lowest BCUT2D eigenvalue weighted by Gasteiger charge is -1.98. The quantitative estimate of drug-likeness (QED) is 0.396. The van der Waals surface area contributed by atoms with Crippen LogP contribution in [-0.4, -0.2) is 15.1 Å². The van der Waals surface area contributed by atoms with Crippen molar-refractivity contribution >= 4 is 17.4 Å². The summed E-state index contributed by atoms with van der Waals surface area (Å²) in [5.74, 6) is 1.09. The Kier molecular flexibility index (Phi) is 4.38. The lowest BCUT2D eigenvalue weighted by molar-refractivity contribution is -0.384. The molecule has 0 unspecified atom stereocenters. The van der Waals surface area contributed by atoms with E-state index < -0.39 is 4.92 Å². The zero-order chi connectivity index (χ0) is 16.2. The van der Waals surface area contributed by atoms with E-state index in [0.717, 1.165) is 5.75 Å². The van der Waals surface area contributed by atoms with Gasteiger partial charge < -0.3 is 4.42 Å². The number of nitrogens with zero attached hydrogens (tertiary/aromatic N) is 3. The normalized spacial score (nSPS) is 10.7. The van der Waals surface area contributed by atoms with Gasteiger partial charge in [-0.2, -0.15) is 0 Å². The predicted molar refractivity (Wildman–Crippen MR) is 87.1 cm³/mol. The molecule has 0 saturated carbocycles. The van der Waals surface area contributed by atoms with Crippen LogP contribution in [0.15, 0.2) is 58.2 Å². The van der Waals surface area contributed by atoms with Crippen molar-refractivity contribution in [3.8, 4) is 11.5 Å². The summed E-state index contributed by atoms with van der Waals surface area (Å²) in [6, 6.07) is 14.3. The second kappa shape index (κ2) is 6.62. The Morgan fingerprint density at radius 1 is 1.09 bits per heavy atom. The van der Waals surface area contributed by atoms with Gasteiger partial charge in [-0.25, -0.2) is 0 Å². The highest BCUT2D eigenvalue weighted by Crippen LogP contribution is 2.26. The van der Waals surface area contributed by atoms with E-state index in [9.17, 15) is 10.1 Å². The molecule has 0 bridgehead atoms. The number of non-ortho nitro benzene ring substituents is 1.